The lowest BCUT2D eigenvalue weighted by molar-refractivity contribution is -0.118. The number of benzene rings is 2. The second-order valence-electron chi connectivity index (χ2n) is 7.22. The number of fused-ring (bicyclic) bond motifs is 1. The number of nitrogens with zero attached hydrogens (tertiary/aromatic N) is 1. The summed E-state index contributed by atoms with van der Waals surface area (Å²) in [6.45, 7) is 5.36. The standard InChI is InChI=1S/C22H26N2O3/c1-16-13-19(24-9-11-26-12-10-24)6-8-21(16)23-22(25)15-27-20-7-5-17-3-2-4-18(17)14-20/h5-8,13-14H,2-4,9-12,15H2,1H3,(H,23,25). The number of hydrogen-bond acceptors (Lipinski definition) is 4. The Kier molecular flexibility index (Phi) is 5.30. The predicted octanol–water partition coefficient (Wildman–Crippen LogP) is 3.34. The summed E-state index contributed by atoms with van der Waals surface area (Å²) in [7, 11) is 0. The number of amides is 1. The van der Waals surface area contributed by atoms with Gasteiger partial charge in [0.2, 0.25) is 0 Å². The smallest absolute Gasteiger partial charge is 0.262 e. The number of rotatable bonds is 5. The van der Waals surface area contributed by atoms with Crippen molar-refractivity contribution in [3.8, 4) is 5.75 Å². The summed E-state index contributed by atoms with van der Waals surface area (Å²) in [6.07, 6.45) is 3.46. The van der Waals surface area contributed by atoms with Gasteiger partial charge in [0.15, 0.2) is 6.61 Å². The van der Waals surface area contributed by atoms with E-state index in [9.17, 15) is 4.79 Å². The van der Waals surface area contributed by atoms with Gasteiger partial charge < -0.3 is 19.7 Å². The van der Waals surface area contributed by atoms with Gasteiger partial charge in [0.05, 0.1) is 13.2 Å². The summed E-state index contributed by atoms with van der Waals surface area (Å²) in [4.78, 5) is 14.6. The summed E-state index contributed by atoms with van der Waals surface area (Å²) in [5.41, 5.74) is 5.80. The molecule has 0 radical (unpaired) electrons. The summed E-state index contributed by atoms with van der Waals surface area (Å²) in [6, 6.07) is 12.3. The summed E-state index contributed by atoms with van der Waals surface area (Å²) in [5.74, 6) is 0.628. The molecule has 1 N–H and O–H groups in total. The second-order valence-corrected chi connectivity index (χ2v) is 7.22. The molecule has 142 valence electrons. The lowest BCUT2D eigenvalue weighted by Crippen LogP contribution is -2.36. The average Bonchev–Trinajstić information content (AvgIpc) is 3.16. The highest BCUT2D eigenvalue weighted by atomic mass is 16.5. The molecule has 1 aliphatic carbocycles. The van der Waals surface area contributed by atoms with Gasteiger partial charge in [-0.2, -0.15) is 0 Å². The number of nitrogens with one attached hydrogen (secondary N) is 1. The van der Waals surface area contributed by atoms with Crippen LogP contribution in [0, 0.1) is 6.92 Å². The van der Waals surface area contributed by atoms with Crippen LogP contribution in [0.15, 0.2) is 36.4 Å². The topological polar surface area (TPSA) is 50.8 Å². The Morgan fingerprint density at radius 3 is 2.74 bits per heavy atom. The molecule has 2 aromatic carbocycles. The molecule has 4 rings (SSSR count). The van der Waals surface area contributed by atoms with E-state index in [2.05, 4.69) is 34.5 Å². The van der Waals surface area contributed by atoms with Crippen molar-refractivity contribution in [1.82, 2.24) is 0 Å². The molecular weight excluding hydrogens is 340 g/mol. The number of morpholine rings is 1. The van der Waals surface area contributed by atoms with E-state index in [1.165, 1.54) is 23.2 Å². The maximum atomic E-state index is 12.3. The highest BCUT2D eigenvalue weighted by molar-refractivity contribution is 5.92. The van der Waals surface area contributed by atoms with Crippen LogP contribution in [0.4, 0.5) is 11.4 Å². The number of anilines is 2. The van der Waals surface area contributed by atoms with Gasteiger partial charge >= 0.3 is 0 Å². The first kappa shape index (κ1) is 17.9. The molecule has 0 bridgehead atoms. The van der Waals surface area contributed by atoms with Gasteiger partial charge in [-0.1, -0.05) is 6.07 Å². The number of carbonyl (C=O) groups excluding carboxylic acids is 1. The normalized spacial score (nSPS) is 16.1. The SMILES string of the molecule is Cc1cc(N2CCOCC2)ccc1NC(=O)COc1ccc2c(c1)CCC2. The molecule has 1 fully saturated rings. The summed E-state index contributed by atoms with van der Waals surface area (Å²) >= 11 is 0. The Balaban J connectivity index is 1.33. The van der Waals surface area contributed by atoms with Crippen LogP contribution in [0.3, 0.4) is 0 Å². The van der Waals surface area contributed by atoms with Crippen LogP contribution < -0.4 is 15.0 Å². The minimum absolute atomic E-state index is 0.0173. The zero-order chi connectivity index (χ0) is 18.6. The third kappa shape index (κ3) is 4.25. The molecule has 5 heteroatoms. The lowest BCUT2D eigenvalue weighted by atomic mass is 10.1. The minimum Gasteiger partial charge on any atom is -0.484 e. The van der Waals surface area contributed by atoms with Gasteiger partial charge in [0.25, 0.3) is 5.91 Å². The predicted molar refractivity (Wildman–Crippen MR) is 107 cm³/mol. The maximum Gasteiger partial charge on any atom is 0.262 e. The zero-order valence-corrected chi connectivity index (χ0v) is 15.8. The molecule has 0 unspecified atom stereocenters. The molecule has 0 aromatic heterocycles. The first-order valence-electron chi connectivity index (χ1n) is 9.67. The van der Waals surface area contributed by atoms with Crippen molar-refractivity contribution in [3.63, 3.8) is 0 Å². The average molecular weight is 366 g/mol. The second kappa shape index (κ2) is 8.01. The third-order valence-electron chi connectivity index (χ3n) is 5.30. The van der Waals surface area contributed by atoms with E-state index in [0.29, 0.717) is 0 Å². The fourth-order valence-corrected chi connectivity index (χ4v) is 3.78. The molecule has 27 heavy (non-hydrogen) atoms. The van der Waals surface area contributed by atoms with Crippen molar-refractivity contribution in [3.05, 3.63) is 53.1 Å². The van der Waals surface area contributed by atoms with Crippen molar-refractivity contribution < 1.29 is 14.3 Å². The van der Waals surface area contributed by atoms with Crippen LogP contribution in [-0.4, -0.2) is 38.8 Å². The number of hydrogen-bond donors (Lipinski definition) is 1. The Hall–Kier alpha value is -2.53. The van der Waals surface area contributed by atoms with Crippen molar-refractivity contribution in [2.75, 3.05) is 43.1 Å². The fourth-order valence-electron chi connectivity index (χ4n) is 3.78. The quantitative estimate of drug-likeness (QED) is 0.882. The Bertz CT molecular complexity index is 828. The van der Waals surface area contributed by atoms with Crippen LogP contribution in [0.5, 0.6) is 5.75 Å². The molecule has 2 aliphatic rings. The van der Waals surface area contributed by atoms with Crippen LogP contribution in [0.1, 0.15) is 23.1 Å². The van der Waals surface area contributed by atoms with Crippen LogP contribution in [0.25, 0.3) is 0 Å². The van der Waals surface area contributed by atoms with Crippen molar-refractivity contribution in [2.24, 2.45) is 0 Å². The molecule has 1 aliphatic heterocycles. The molecule has 0 atom stereocenters. The molecule has 5 nitrogen and oxygen atoms in total. The van der Waals surface area contributed by atoms with Crippen molar-refractivity contribution in [2.45, 2.75) is 26.2 Å². The number of aryl methyl sites for hydroxylation is 3. The highest BCUT2D eigenvalue weighted by Gasteiger charge is 2.14. The molecule has 1 heterocycles. The summed E-state index contributed by atoms with van der Waals surface area (Å²) in [5, 5.41) is 2.96. The van der Waals surface area contributed by atoms with Crippen molar-refractivity contribution >= 4 is 17.3 Å². The largest absolute Gasteiger partial charge is 0.484 e. The van der Waals surface area contributed by atoms with E-state index in [1.54, 1.807) is 0 Å². The Labute approximate surface area is 160 Å². The molecular formula is C22H26N2O3. The van der Waals surface area contributed by atoms with E-state index < -0.39 is 0 Å². The Morgan fingerprint density at radius 2 is 1.93 bits per heavy atom. The van der Waals surface area contributed by atoms with Crippen molar-refractivity contribution in [1.29, 1.82) is 0 Å². The molecule has 1 amide bonds. The summed E-state index contributed by atoms with van der Waals surface area (Å²) < 4.78 is 11.1. The molecule has 0 spiro atoms. The van der Waals surface area contributed by atoms with E-state index in [0.717, 1.165) is 56.1 Å². The van der Waals surface area contributed by atoms with E-state index in [1.807, 2.05) is 19.1 Å². The van der Waals surface area contributed by atoms with Crippen LogP contribution in [0.2, 0.25) is 0 Å². The van der Waals surface area contributed by atoms with Crippen LogP contribution >= 0.6 is 0 Å². The first-order valence-corrected chi connectivity index (χ1v) is 9.67. The van der Waals surface area contributed by atoms with Gasteiger partial charge in [-0.3, -0.25) is 4.79 Å². The highest BCUT2D eigenvalue weighted by Crippen LogP contribution is 2.26. The van der Waals surface area contributed by atoms with Crippen LogP contribution in [-0.2, 0) is 22.4 Å². The fraction of sp³-hybridized carbons (Fsp3) is 0.409. The minimum atomic E-state index is -0.141. The maximum absolute atomic E-state index is 12.3. The lowest BCUT2D eigenvalue weighted by Gasteiger charge is -2.29. The molecule has 1 saturated heterocycles. The van der Waals surface area contributed by atoms with Gasteiger partial charge in [-0.05, 0) is 73.2 Å². The van der Waals surface area contributed by atoms with E-state index >= 15 is 0 Å². The van der Waals surface area contributed by atoms with Gasteiger partial charge in [0, 0.05) is 24.5 Å². The molecule has 2 aromatic rings. The number of carbonyl (C=O) groups is 1. The van der Waals surface area contributed by atoms with E-state index in [4.69, 9.17) is 9.47 Å². The monoisotopic (exact) mass is 366 g/mol. The first-order chi connectivity index (χ1) is 13.2. The third-order valence-corrected chi connectivity index (χ3v) is 5.30. The van der Waals surface area contributed by atoms with Gasteiger partial charge in [0.1, 0.15) is 5.75 Å². The zero-order valence-electron chi connectivity index (χ0n) is 15.8. The van der Waals surface area contributed by atoms with Gasteiger partial charge in [-0.15, -0.1) is 0 Å². The number of ether oxygens (including phenoxy) is 2. The van der Waals surface area contributed by atoms with E-state index in [-0.39, 0.29) is 12.5 Å². The molecule has 0 saturated carbocycles. The van der Waals surface area contributed by atoms with Gasteiger partial charge in [-0.25, -0.2) is 0 Å². The Morgan fingerprint density at radius 1 is 1.11 bits per heavy atom.